The second-order valence-corrected chi connectivity index (χ2v) is 4.09. The maximum absolute atomic E-state index is 11.7. The van der Waals surface area contributed by atoms with E-state index in [0.29, 0.717) is 0 Å². The van der Waals surface area contributed by atoms with Crippen LogP contribution in [0.4, 0.5) is 5.69 Å². The third-order valence-electron chi connectivity index (χ3n) is 2.66. The molecule has 0 aromatic heterocycles. The van der Waals surface area contributed by atoms with Gasteiger partial charge in [0.1, 0.15) is 0 Å². The third-order valence-corrected chi connectivity index (χ3v) is 2.66. The zero-order chi connectivity index (χ0) is 13.8. The lowest BCUT2D eigenvalue weighted by atomic mass is 10.2. The monoisotopic (exact) mass is 265 g/mol. The maximum Gasteiger partial charge on any atom is 0.385 e. The highest BCUT2D eigenvalue weighted by Crippen LogP contribution is 2.11. The number of amidine groups is 1. The second kappa shape index (κ2) is 5.36. The summed E-state index contributed by atoms with van der Waals surface area (Å²) in [4.78, 5) is 15.8. The van der Waals surface area contributed by atoms with Gasteiger partial charge in [-0.05, 0) is 24.3 Å². The quantitative estimate of drug-likeness (QED) is 0.684. The molecule has 0 unspecified atom stereocenters. The van der Waals surface area contributed by atoms with Crippen LogP contribution in [-0.4, -0.2) is 17.7 Å². The summed E-state index contributed by atoms with van der Waals surface area (Å²) in [6.45, 7) is 0. The molecule has 1 aliphatic heterocycles. The second-order valence-electron chi connectivity index (χ2n) is 4.09. The summed E-state index contributed by atoms with van der Waals surface area (Å²) in [6, 6.07) is 18.5. The van der Waals surface area contributed by atoms with Gasteiger partial charge in [0.25, 0.3) is 5.84 Å². The number of cyclic esters (lactones) is 1. The van der Waals surface area contributed by atoms with E-state index in [1.807, 2.05) is 60.7 Å². The molecule has 2 aromatic carbocycles. The Morgan fingerprint density at radius 3 is 2.30 bits per heavy atom. The lowest BCUT2D eigenvalue weighted by molar-refractivity contribution is -0.127. The summed E-state index contributed by atoms with van der Waals surface area (Å²) in [5, 5.41) is 3.95. The molecule has 1 heterocycles. The Morgan fingerprint density at radius 1 is 0.950 bits per heavy atom. The van der Waals surface area contributed by atoms with Crippen LogP contribution in [0.25, 0.3) is 0 Å². The molecule has 5 heteroatoms. The standard InChI is InChI=1S/C15H11N3O2/c19-15-13(18-17-12-9-5-2-6-10-12)16-14(20-15)11-7-3-1-4-8-11/h1-10,17H/b18-13-. The number of hydrazone groups is 1. The molecule has 0 radical (unpaired) electrons. The van der Waals surface area contributed by atoms with Gasteiger partial charge in [-0.3, -0.25) is 5.43 Å². The number of para-hydroxylation sites is 1. The van der Waals surface area contributed by atoms with E-state index in [9.17, 15) is 4.79 Å². The fourth-order valence-corrected chi connectivity index (χ4v) is 1.70. The number of nitrogens with one attached hydrogen (secondary N) is 1. The molecule has 0 bridgehead atoms. The average molecular weight is 265 g/mol. The van der Waals surface area contributed by atoms with E-state index in [1.165, 1.54) is 0 Å². The van der Waals surface area contributed by atoms with E-state index >= 15 is 0 Å². The third kappa shape index (κ3) is 2.56. The average Bonchev–Trinajstić information content (AvgIpc) is 2.88. The minimum Gasteiger partial charge on any atom is -0.401 e. The van der Waals surface area contributed by atoms with Crippen LogP contribution >= 0.6 is 0 Å². The van der Waals surface area contributed by atoms with Crippen molar-refractivity contribution in [3.8, 4) is 0 Å². The first-order valence-electron chi connectivity index (χ1n) is 6.08. The topological polar surface area (TPSA) is 63.0 Å². The van der Waals surface area contributed by atoms with Crippen LogP contribution in [0.1, 0.15) is 5.56 Å². The summed E-state index contributed by atoms with van der Waals surface area (Å²) < 4.78 is 5.09. The number of ether oxygens (including phenoxy) is 1. The van der Waals surface area contributed by atoms with Gasteiger partial charge >= 0.3 is 5.97 Å². The number of hydrogen-bond donors (Lipinski definition) is 1. The van der Waals surface area contributed by atoms with E-state index in [2.05, 4.69) is 15.5 Å². The molecule has 1 aliphatic rings. The molecule has 0 saturated carbocycles. The van der Waals surface area contributed by atoms with Gasteiger partial charge in [-0.25, -0.2) is 4.79 Å². The largest absolute Gasteiger partial charge is 0.401 e. The Balaban J connectivity index is 1.80. The molecular formula is C15H11N3O2. The van der Waals surface area contributed by atoms with Crippen molar-refractivity contribution in [2.75, 3.05) is 5.43 Å². The Bertz CT molecular complexity index is 679. The lowest BCUT2D eigenvalue weighted by Gasteiger charge is -1.97. The van der Waals surface area contributed by atoms with Gasteiger partial charge in [0.2, 0.25) is 5.90 Å². The first-order chi connectivity index (χ1) is 9.83. The molecule has 0 saturated heterocycles. The van der Waals surface area contributed by atoms with E-state index in [0.717, 1.165) is 11.3 Å². The van der Waals surface area contributed by atoms with Crippen LogP contribution in [0, 0.1) is 0 Å². The smallest absolute Gasteiger partial charge is 0.385 e. The molecular weight excluding hydrogens is 254 g/mol. The molecule has 98 valence electrons. The number of carbonyl (C=O) groups is 1. The molecule has 0 fully saturated rings. The van der Waals surface area contributed by atoms with E-state index in [1.54, 1.807) is 0 Å². The maximum atomic E-state index is 11.7. The van der Waals surface area contributed by atoms with Crippen molar-refractivity contribution < 1.29 is 9.53 Å². The number of carbonyl (C=O) groups excluding carboxylic acids is 1. The van der Waals surface area contributed by atoms with Crippen LogP contribution in [0.15, 0.2) is 70.8 Å². The fraction of sp³-hybridized carbons (Fsp3) is 0. The van der Waals surface area contributed by atoms with Crippen LogP contribution < -0.4 is 5.43 Å². The molecule has 3 rings (SSSR count). The number of benzene rings is 2. The number of esters is 1. The van der Waals surface area contributed by atoms with Crippen molar-refractivity contribution in [3.05, 3.63) is 66.2 Å². The van der Waals surface area contributed by atoms with Gasteiger partial charge in [0, 0.05) is 5.56 Å². The van der Waals surface area contributed by atoms with Gasteiger partial charge < -0.3 is 4.74 Å². The van der Waals surface area contributed by atoms with Gasteiger partial charge in [-0.2, -0.15) is 4.99 Å². The van der Waals surface area contributed by atoms with Crippen molar-refractivity contribution in [1.29, 1.82) is 0 Å². The predicted octanol–water partition coefficient (Wildman–Crippen LogP) is 2.42. The van der Waals surface area contributed by atoms with Gasteiger partial charge in [-0.1, -0.05) is 36.4 Å². The van der Waals surface area contributed by atoms with Crippen LogP contribution in [-0.2, 0) is 9.53 Å². The summed E-state index contributed by atoms with van der Waals surface area (Å²) in [6.07, 6.45) is 0. The van der Waals surface area contributed by atoms with Crippen molar-refractivity contribution in [3.63, 3.8) is 0 Å². The van der Waals surface area contributed by atoms with E-state index in [-0.39, 0.29) is 11.7 Å². The van der Waals surface area contributed by atoms with Crippen LogP contribution in [0.5, 0.6) is 0 Å². The van der Waals surface area contributed by atoms with E-state index in [4.69, 9.17) is 4.74 Å². The molecule has 0 amide bonds. The van der Waals surface area contributed by atoms with Gasteiger partial charge in [-0.15, -0.1) is 5.10 Å². The number of aliphatic imine (C=N–C) groups is 1. The highest BCUT2D eigenvalue weighted by atomic mass is 16.6. The van der Waals surface area contributed by atoms with Crippen LogP contribution in [0.3, 0.4) is 0 Å². The number of rotatable bonds is 3. The first-order valence-corrected chi connectivity index (χ1v) is 6.08. The molecule has 0 spiro atoms. The zero-order valence-corrected chi connectivity index (χ0v) is 10.5. The minimum atomic E-state index is -0.563. The fourth-order valence-electron chi connectivity index (χ4n) is 1.70. The van der Waals surface area contributed by atoms with Gasteiger partial charge in [0.15, 0.2) is 0 Å². The van der Waals surface area contributed by atoms with Crippen molar-refractivity contribution >= 4 is 23.4 Å². The molecule has 1 N–H and O–H groups in total. The number of anilines is 1. The zero-order valence-electron chi connectivity index (χ0n) is 10.5. The van der Waals surface area contributed by atoms with Crippen LogP contribution in [0.2, 0.25) is 0 Å². The predicted molar refractivity (Wildman–Crippen MR) is 76.6 cm³/mol. The highest BCUT2D eigenvalue weighted by Gasteiger charge is 2.25. The molecule has 20 heavy (non-hydrogen) atoms. The molecule has 0 aliphatic carbocycles. The first kappa shape index (κ1) is 12.1. The summed E-state index contributed by atoms with van der Waals surface area (Å²) in [5.41, 5.74) is 4.28. The lowest BCUT2D eigenvalue weighted by Crippen LogP contribution is -2.10. The van der Waals surface area contributed by atoms with Crippen molar-refractivity contribution in [2.24, 2.45) is 10.1 Å². The molecule has 0 atom stereocenters. The van der Waals surface area contributed by atoms with Crippen molar-refractivity contribution in [2.45, 2.75) is 0 Å². The Kier molecular flexibility index (Phi) is 3.24. The summed E-state index contributed by atoms with van der Waals surface area (Å²) in [7, 11) is 0. The number of hydrogen-bond acceptors (Lipinski definition) is 4. The Labute approximate surface area is 115 Å². The van der Waals surface area contributed by atoms with E-state index < -0.39 is 5.97 Å². The molecule has 2 aromatic rings. The SMILES string of the molecule is O=C1OC(c2ccccc2)=N/C1=N\Nc1ccccc1. The van der Waals surface area contributed by atoms with Crippen molar-refractivity contribution in [1.82, 2.24) is 0 Å². The number of nitrogens with zero attached hydrogens (tertiary/aromatic N) is 2. The Morgan fingerprint density at radius 2 is 1.60 bits per heavy atom. The Hall–Kier alpha value is -2.95. The minimum absolute atomic E-state index is 0.00714. The highest BCUT2D eigenvalue weighted by molar-refractivity contribution is 6.43. The normalized spacial score (nSPS) is 15.9. The van der Waals surface area contributed by atoms with Gasteiger partial charge in [0.05, 0.1) is 5.69 Å². The molecule has 5 nitrogen and oxygen atoms in total. The summed E-state index contributed by atoms with van der Waals surface area (Å²) in [5.74, 6) is -0.288. The summed E-state index contributed by atoms with van der Waals surface area (Å²) >= 11 is 0.